The van der Waals surface area contributed by atoms with E-state index in [9.17, 15) is 23.4 Å². The van der Waals surface area contributed by atoms with E-state index in [1.54, 1.807) is 0 Å². The van der Waals surface area contributed by atoms with Gasteiger partial charge in [0.2, 0.25) is 0 Å². The van der Waals surface area contributed by atoms with E-state index in [2.05, 4.69) is 4.74 Å². The van der Waals surface area contributed by atoms with E-state index in [1.165, 1.54) is 0 Å². The van der Waals surface area contributed by atoms with Gasteiger partial charge in [-0.2, -0.15) is 13.2 Å². The topological polar surface area (TPSA) is 79.2 Å². The van der Waals surface area contributed by atoms with Gasteiger partial charge in [0.05, 0.1) is 13.2 Å². The molecule has 0 aromatic heterocycles. The molecule has 0 amide bonds. The molecule has 8 heteroatoms. The van der Waals surface area contributed by atoms with Gasteiger partial charge in [0, 0.05) is 0 Å². The summed E-state index contributed by atoms with van der Waals surface area (Å²) in [4.78, 5) is 0. The van der Waals surface area contributed by atoms with E-state index < -0.39 is 43.8 Å². The van der Waals surface area contributed by atoms with Crippen molar-refractivity contribution in [3.8, 4) is 0 Å². The summed E-state index contributed by atoms with van der Waals surface area (Å²) in [7, 11) is 0. The summed E-state index contributed by atoms with van der Waals surface area (Å²) in [5.74, 6) is 0. The molecule has 0 aromatic rings. The molecule has 96 valence electrons. The van der Waals surface area contributed by atoms with Crippen LogP contribution in [0.25, 0.3) is 0 Å². The van der Waals surface area contributed by atoms with Gasteiger partial charge < -0.3 is 24.8 Å². The number of aliphatic hydroxyl groups is 3. The minimum Gasteiger partial charge on any atom is -0.388 e. The number of rotatable bonds is 3. The molecule has 16 heavy (non-hydrogen) atoms. The standard InChI is InChI=1S/C8H13F3O5/c9-8(10,11)3-15-2-5-7(14)6(13)4(12)1-16-5/h4-7,12-14H,1-3H2. The minimum atomic E-state index is -4.45. The highest BCUT2D eigenvalue weighted by atomic mass is 19.4. The van der Waals surface area contributed by atoms with Crippen molar-refractivity contribution in [3.05, 3.63) is 0 Å². The molecule has 1 saturated heterocycles. The van der Waals surface area contributed by atoms with Crippen LogP contribution >= 0.6 is 0 Å². The maximum Gasteiger partial charge on any atom is 0.411 e. The third-order valence-corrected chi connectivity index (χ3v) is 2.15. The largest absolute Gasteiger partial charge is 0.411 e. The maximum atomic E-state index is 11.7. The SMILES string of the molecule is OC1COC(COCC(F)(F)F)C(O)C1O. The molecule has 1 heterocycles. The molecule has 1 fully saturated rings. The van der Waals surface area contributed by atoms with Crippen molar-refractivity contribution < 1.29 is 38.0 Å². The molecule has 3 N–H and O–H groups in total. The fourth-order valence-electron chi connectivity index (χ4n) is 1.30. The quantitative estimate of drug-likeness (QED) is 0.598. The van der Waals surface area contributed by atoms with Crippen LogP contribution in [0.3, 0.4) is 0 Å². The van der Waals surface area contributed by atoms with Crippen LogP contribution in [0.5, 0.6) is 0 Å². The molecule has 0 spiro atoms. The number of aliphatic hydroxyl groups excluding tert-OH is 3. The zero-order valence-electron chi connectivity index (χ0n) is 8.22. The molecule has 0 bridgehead atoms. The molecule has 1 rings (SSSR count). The predicted molar refractivity (Wildman–Crippen MR) is 44.6 cm³/mol. The zero-order valence-corrected chi connectivity index (χ0v) is 8.22. The van der Waals surface area contributed by atoms with Gasteiger partial charge in [0.25, 0.3) is 0 Å². The molecule has 1 aliphatic heterocycles. The normalized spacial score (nSPS) is 36.4. The number of halogens is 3. The van der Waals surface area contributed by atoms with E-state index in [0.717, 1.165) is 0 Å². The lowest BCUT2D eigenvalue weighted by Crippen LogP contribution is -2.54. The summed E-state index contributed by atoms with van der Waals surface area (Å²) in [5, 5.41) is 27.6. The average Bonchev–Trinajstić information content (AvgIpc) is 2.16. The van der Waals surface area contributed by atoms with Gasteiger partial charge in [-0.3, -0.25) is 0 Å². The molecule has 1 aliphatic rings. The van der Waals surface area contributed by atoms with Crippen molar-refractivity contribution in [2.24, 2.45) is 0 Å². The van der Waals surface area contributed by atoms with E-state index >= 15 is 0 Å². The van der Waals surface area contributed by atoms with Crippen LogP contribution in [-0.2, 0) is 9.47 Å². The Balaban J connectivity index is 2.32. The van der Waals surface area contributed by atoms with Gasteiger partial charge in [0.1, 0.15) is 31.0 Å². The van der Waals surface area contributed by atoms with Crippen LogP contribution in [0.2, 0.25) is 0 Å². The van der Waals surface area contributed by atoms with Gasteiger partial charge in [-0.15, -0.1) is 0 Å². The summed E-state index contributed by atoms with van der Waals surface area (Å²) in [6.07, 6.45) is -9.66. The number of hydrogen-bond donors (Lipinski definition) is 3. The Hall–Kier alpha value is -0.410. The van der Waals surface area contributed by atoms with Crippen molar-refractivity contribution in [3.63, 3.8) is 0 Å². The molecule has 0 aromatic carbocycles. The van der Waals surface area contributed by atoms with Crippen molar-refractivity contribution in [2.45, 2.75) is 30.6 Å². The van der Waals surface area contributed by atoms with Crippen molar-refractivity contribution in [1.82, 2.24) is 0 Å². The van der Waals surface area contributed by atoms with Gasteiger partial charge in [0.15, 0.2) is 0 Å². The van der Waals surface area contributed by atoms with Crippen LogP contribution in [0.15, 0.2) is 0 Å². The number of hydrogen-bond acceptors (Lipinski definition) is 5. The van der Waals surface area contributed by atoms with E-state index in [4.69, 9.17) is 9.84 Å². The van der Waals surface area contributed by atoms with Crippen molar-refractivity contribution in [1.29, 1.82) is 0 Å². The predicted octanol–water partition coefficient (Wildman–Crippen LogP) is -0.953. The summed E-state index contributed by atoms with van der Waals surface area (Å²) in [6, 6.07) is 0. The van der Waals surface area contributed by atoms with Crippen LogP contribution < -0.4 is 0 Å². The third kappa shape index (κ3) is 3.87. The summed E-state index contributed by atoms with van der Waals surface area (Å²) in [6.45, 7) is -2.19. The highest BCUT2D eigenvalue weighted by molar-refractivity contribution is 4.86. The van der Waals surface area contributed by atoms with Crippen LogP contribution in [0.4, 0.5) is 13.2 Å². The number of ether oxygens (including phenoxy) is 2. The Kier molecular flexibility index (Phi) is 4.51. The fraction of sp³-hybridized carbons (Fsp3) is 1.00. The second-order valence-corrected chi connectivity index (χ2v) is 3.55. The lowest BCUT2D eigenvalue weighted by atomic mass is 10.0. The molecule has 4 unspecified atom stereocenters. The van der Waals surface area contributed by atoms with Crippen LogP contribution in [-0.4, -0.2) is 65.7 Å². The van der Waals surface area contributed by atoms with Crippen LogP contribution in [0, 0.1) is 0 Å². The summed E-state index contributed by atoms with van der Waals surface area (Å²) >= 11 is 0. The second-order valence-electron chi connectivity index (χ2n) is 3.55. The van der Waals surface area contributed by atoms with Crippen LogP contribution in [0.1, 0.15) is 0 Å². The smallest absolute Gasteiger partial charge is 0.388 e. The average molecular weight is 246 g/mol. The highest BCUT2D eigenvalue weighted by Crippen LogP contribution is 2.18. The molecular formula is C8H13F3O5. The Morgan fingerprint density at radius 2 is 1.81 bits per heavy atom. The Morgan fingerprint density at radius 1 is 1.19 bits per heavy atom. The summed E-state index contributed by atoms with van der Waals surface area (Å²) in [5.41, 5.74) is 0. The zero-order chi connectivity index (χ0) is 12.3. The number of alkyl halides is 3. The summed E-state index contributed by atoms with van der Waals surface area (Å²) < 4.78 is 44.3. The third-order valence-electron chi connectivity index (χ3n) is 2.15. The minimum absolute atomic E-state index is 0.252. The fourth-order valence-corrected chi connectivity index (χ4v) is 1.30. The first-order valence-electron chi connectivity index (χ1n) is 4.61. The second kappa shape index (κ2) is 5.28. The van der Waals surface area contributed by atoms with Crippen molar-refractivity contribution in [2.75, 3.05) is 19.8 Å². The first-order valence-corrected chi connectivity index (χ1v) is 4.61. The molecule has 0 saturated carbocycles. The van der Waals surface area contributed by atoms with E-state index in [-0.39, 0.29) is 6.61 Å². The first-order chi connectivity index (χ1) is 7.31. The van der Waals surface area contributed by atoms with Gasteiger partial charge in [-0.1, -0.05) is 0 Å². The lowest BCUT2D eigenvalue weighted by Gasteiger charge is -2.35. The molecule has 5 nitrogen and oxygen atoms in total. The van der Waals surface area contributed by atoms with Gasteiger partial charge >= 0.3 is 6.18 Å². The first kappa shape index (κ1) is 13.7. The lowest BCUT2D eigenvalue weighted by molar-refractivity contribution is -0.218. The Labute approximate surface area is 89.4 Å². The Morgan fingerprint density at radius 3 is 2.38 bits per heavy atom. The monoisotopic (exact) mass is 246 g/mol. The van der Waals surface area contributed by atoms with E-state index in [0.29, 0.717) is 0 Å². The molecule has 4 atom stereocenters. The Bertz CT molecular complexity index is 222. The molecular weight excluding hydrogens is 233 g/mol. The van der Waals surface area contributed by atoms with Crippen molar-refractivity contribution >= 4 is 0 Å². The maximum absolute atomic E-state index is 11.7. The molecule has 0 radical (unpaired) electrons. The van der Waals surface area contributed by atoms with E-state index in [1.807, 2.05) is 0 Å². The van der Waals surface area contributed by atoms with Gasteiger partial charge in [-0.25, -0.2) is 0 Å². The van der Waals surface area contributed by atoms with Gasteiger partial charge in [-0.05, 0) is 0 Å². The molecule has 0 aliphatic carbocycles. The highest BCUT2D eigenvalue weighted by Gasteiger charge is 2.38.